The lowest BCUT2D eigenvalue weighted by Crippen LogP contribution is -2.32. The molecule has 0 fully saturated rings. The van der Waals surface area contributed by atoms with E-state index in [0.717, 1.165) is 49.1 Å². The molecule has 3 heterocycles. The number of ether oxygens (including phenoxy) is 1. The van der Waals surface area contributed by atoms with Gasteiger partial charge >= 0.3 is 6.09 Å². The predicted molar refractivity (Wildman–Crippen MR) is 96.7 cm³/mol. The third kappa shape index (κ3) is 3.01. The fourth-order valence-electron chi connectivity index (χ4n) is 3.44. The van der Waals surface area contributed by atoms with E-state index in [2.05, 4.69) is 21.8 Å². The highest BCUT2D eigenvalue weighted by Crippen LogP contribution is 2.30. The summed E-state index contributed by atoms with van der Waals surface area (Å²) in [6.07, 6.45) is 4.06. The van der Waals surface area contributed by atoms with E-state index in [9.17, 15) is 9.90 Å². The van der Waals surface area contributed by atoms with E-state index in [1.54, 1.807) is 24.5 Å². The molecule has 26 heavy (non-hydrogen) atoms. The monoisotopic (exact) mass is 352 g/mol. The van der Waals surface area contributed by atoms with Gasteiger partial charge in [0, 0.05) is 30.2 Å². The van der Waals surface area contributed by atoms with Crippen molar-refractivity contribution in [3.8, 4) is 11.6 Å². The minimum absolute atomic E-state index is 0.586. The third-order valence-electron chi connectivity index (χ3n) is 4.67. The van der Waals surface area contributed by atoms with Crippen LogP contribution < -0.4 is 4.74 Å². The summed E-state index contributed by atoms with van der Waals surface area (Å²) >= 11 is 0. The zero-order valence-corrected chi connectivity index (χ0v) is 14.6. The van der Waals surface area contributed by atoms with E-state index in [-0.39, 0.29) is 0 Å². The molecular formula is C19H20N4O3. The van der Waals surface area contributed by atoms with Crippen molar-refractivity contribution in [3.63, 3.8) is 0 Å². The van der Waals surface area contributed by atoms with Crippen molar-refractivity contribution in [2.75, 3.05) is 13.1 Å². The van der Waals surface area contributed by atoms with Crippen LogP contribution in [0.4, 0.5) is 4.79 Å². The summed E-state index contributed by atoms with van der Waals surface area (Å²) in [5.74, 6) is 1.22. The lowest BCUT2D eigenvalue weighted by Gasteiger charge is -2.28. The average Bonchev–Trinajstić information content (AvgIpc) is 3.05. The highest BCUT2D eigenvalue weighted by atomic mass is 16.5. The molecule has 0 radical (unpaired) electrons. The Morgan fingerprint density at radius 3 is 3.00 bits per heavy atom. The fourth-order valence-corrected chi connectivity index (χ4v) is 3.44. The predicted octanol–water partition coefficient (Wildman–Crippen LogP) is 3.52. The van der Waals surface area contributed by atoms with Gasteiger partial charge in [-0.1, -0.05) is 6.92 Å². The van der Waals surface area contributed by atoms with Gasteiger partial charge in [0.2, 0.25) is 5.88 Å². The van der Waals surface area contributed by atoms with Gasteiger partial charge in [-0.15, -0.1) is 0 Å². The molecule has 7 nitrogen and oxygen atoms in total. The molecule has 7 heteroatoms. The standard InChI is InChI=1S/C19H20N4O3/c1-2-7-22-8-6-15-16(11-22)20-12-21-18(15)26-14-3-4-17-13(10-14)5-9-23(17)19(24)25/h3-5,9-10,12H,2,6-8,11H2,1H3,(H,24,25). The number of carboxylic acid groups (broad SMARTS) is 1. The third-order valence-corrected chi connectivity index (χ3v) is 4.67. The Morgan fingerprint density at radius 1 is 1.31 bits per heavy atom. The van der Waals surface area contributed by atoms with Gasteiger partial charge in [0.25, 0.3) is 0 Å². The Balaban J connectivity index is 1.61. The zero-order chi connectivity index (χ0) is 18.1. The molecule has 0 atom stereocenters. The normalized spacial score (nSPS) is 14.3. The minimum Gasteiger partial charge on any atom is -0.464 e. The van der Waals surface area contributed by atoms with Crippen LogP contribution in [0.1, 0.15) is 24.6 Å². The molecule has 0 bridgehead atoms. The topological polar surface area (TPSA) is 80.5 Å². The highest BCUT2D eigenvalue weighted by molar-refractivity contribution is 5.89. The molecular weight excluding hydrogens is 332 g/mol. The first kappa shape index (κ1) is 16.5. The molecule has 1 aliphatic heterocycles. The summed E-state index contributed by atoms with van der Waals surface area (Å²) in [7, 11) is 0. The maximum Gasteiger partial charge on any atom is 0.415 e. The SMILES string of the molecule is CCCN1CCc2c(ncnc2Oc2ccc3c(ccn3C(=O)O)c2)C1. The Bertz CT molecular complexity index is 967. The van der Waals surface area contributed by atoms with E-state index < -0.39 is 6.09 Å². The molecule has 4 rings (SSSR count). The molecule has 0 saturated carbocycles. The number of rotatable bonds is 4. The molecule has 1 aromatic carbocycles. The van der Waals surface area contributed by atoms with Gasteiger partial charge in [0.15, 0.2) is 0 Å². The molecule has 0 aliphatic carbocycles. The number of aromatic nitrogens is 3. The van der Waals surface area contributed by atoms with Crippen LogP contribution in [0.5, 0.6) is 11.6 Å². The van der Waals surface area contributed by atoms with E-state index in [1.165, 1.54) is 10.8 Å². The largest absolute Gasteiger partial charge is 0.464 e. The first-order valence-corrected chi connectivity index (χ1v) is 8.73. The van der Waals surface area contributed by atoms with Gasteiger partial charge in [-0.05, 0) is 43.7 Å². The maximum atomic E-state index is 11.2. The maximum absolute atomic E-state index is 11.2. The summed E-state index contributed by atoms with van der Waals surface area (Å²) in [4.78, 5) is 22.3. The fraction of sp³-hybridized carbons (Fsp3) is 0.316. The van der Waals surface area contributed by atoms with Crippen LogP contribution in [0.3, 0.4) is 0 Å². The van der Waals surface area contributed by atoms with Gasteiger partial charge in [-0.3, -0.25) is 9.47 Å². The van der Waals surface area contributed by atoms with Crippen LogP contribution in [0.2, 0.25) is 0 Å². The molecule has 0 spiro atoms. The van der Waals surface area contributed by atoms with Crippen molar-refractivity contribution in [2.45, 2.75) is 26.3 Å². The molecule has 0 saturated heterocycles. The number of benzene rings is 1. The Morgan fingerprint density at radius 2 is 2.19 bits per heavy atom. The van der Waals surface area contributed by atoms with Crippen LogP contribution in [-0.4, -0.2) is 43.7 Å². The van der Waals surface area contributed by atoms with Crippen molar-refractivity contribution in [1.29, 1.82) is 0 Å². The van der Waals surface area contributed by atoms with E-state index in [4.69, 9.17) is 4.74 Å². The number of hydrogen-bond acceptors (Lipinski definition) is 5. The first-order valence-electron chi connectivity index (χ1n) is 8.73. The Kier molecular flexibility index (Phi) is 4.30. The van der Waals surface area contributed by atoms with Gasteiger partial charge < -0.3 is 9.84 Å². The van der Waals surface area contributed by atoms with E-state index in [0.29, 0.717) is 17.1 Å². The zero-order valence-electron chi connectivity index (χ0n) is 14.6. The second-order valence-corrected chi connectivity index (χ2v) is 6.42. The second kappa shape index (κ2) is 6.76. The van der Waals surface area contributed by atoms with Gasteiger partial charge in [-0.25, -0.2) is 14.8 Å². The second-order valence-electron chi connectivity index (χ2n) is 6.42. The van der Waals surface area contributed by atoms with E-state index in [1.807, 2.05) is 6.07 Å². The number of nitrogens with zero attached hydrogens (tertiary/aromatic N) is 4. The number of fused-ring (bicyclic) bond motifs is 2. The lowest BCUT2D eigenvalue weighted by molar-refractivity contribution is 0.197. The van der Waals surface area contributed by atoms with Crippen molar-refractivity contribution in [2.24, 2.45) is 0 Å². The molecule has 2 aromatic heterocycles. The first-order chi connectivity index (χ1) is 12.7. The van der Waals surface area contributed by atoms with E-state index >= 15 is 0 Å². The Labute approximate surface area is 150 Å². The molecule has 0 unspecified atom stereocenters. The quantitative estimate of drug-likeness (QED) is 0.774. The van der Waals surface area contributed by atoms with Crippen LogP contribution in [0.25, 0.3) is 10.9 Å². The van der Waals surface area contributed by atoms with Crippen LogP contribution in [0, 0.1) is 0 Å². The highest BCUT2D eigenvalue weighted by Gasteiger charge is 2.21. The molecule has 1 aliphatic rings. The summed E-state index contributed by atoms with van der Waals surface area (Å²) in [6.45, 7) is 5.04. The molecule has 1 N–H and O–H groups in total. The Hall–Kier alpha value is -2.93. The lowest BCUT2D eigenvalue weighted by atomic mass is 10.1. The van der Waals surface area contributed by atoms with Crippen molar-refractivity contribution in [3.05, 3.63) is 48.0 Å². The number of carbonyl (C=O) groups is 1. The van der Waals surface area contributed by atoms with Crippen LogP contribution >= 0.6 is 0 Å². The smallest absolute Gasteiger partial charge is 0.415 e. The molecule has 134 valence electrons. The average molecular weight is 352 g/mol. The van der Waals surface area contributed by atoms with Gasteiger partial charge in [0.1, 0.15) is 12.1 Å². The summed E-state index contributed by atoms with van der Waals surface area (Å²) in [6, 6.07) is 7.10. The molecule has 0 amide bonds. The minimum atomic E-state index is -1.00. The van der Waals surface area contributed by atoms with Crippen LogP contribution in [0.15, 0.2) is 36.8 Å². The van der Waals surface area contributed by atoms with Crippen molar-refractivity contribution >= 4 is 17.0 Å². The summed E-state index contributed by atoms with van der Waals surface area (Å²) < 4.78 is 7.21. The molecule has 3 aromatic rings. The van der Waals surface area contributed by atoms with Gasteiger partial charge in [-0.2, -0.15) is 0 Å². The van der Waals surface area contributed by atoms with Crippen LogP contribution in [-0.2, 0) is 13.0 Å². The summed E-state index contributed by atoms with van der Waals surface area (Å²) in [5, 5.41) is 9.99. The summed E-state index contributed by atoms with van der Waals surface area (Å²) in [5.41, 5.74) is 2.71. The van der Waals surface area contributed by atoms with Gasteiger partial charge in [0.05, 0.1) is 11.2 Å². The number of hydrogen-bond donors (Lipinski definition) is 1. The van der Waals surface area contributed by atoms with Crippen molar-refractivity contribution < 1.29 is 14.6 Å². The van der Waals surface area contributed by atoms with Crippen molar-refractivity contribution in [1.82, 2.24) is 19.4 Å².